The maximum absolute atomic E-state index is 14.1. The molecule has 2 aromatic carbocycles. The van der Waals surface area contributed by atoms with Gasteiger partial charge in [-0.15, -0.1) is 0 Å². The van der Waals surface area contributed by atoms with Crippen LogP contribution in [0.4, 0.5) is 8.78 Å². The van der Waals surface area contributed by atoms with Gasteiger partial charge in [-0.2, -0.15) is 0 Å². The number of hydrogen-bond acceptors (Lipinski definition) is 6. The second-order valence-corrected chi connectivity index (χ2v) is 8.80. The second kappa shape index (κ2) is 10.6. The van der Waals surface area contributed by atoms with E-state index in [9.17, 15) is 23.8 Å². The van der Waals surface area contributed by atoms with Gasteiger partial charge in [-0.05, 0) is 42.6 Å². The molecule has 1 saturated heterocycles. The van der Waals surface area contributed by atoms with E-state index in [4.69, 9.17) is 4.52 Å². The van der Waals surface area contributed by atoms with Crippen molar-refractivity contribution in [1.29, 1.82) is 0 Å². The van der Waals surface area contributed by atoms with Crippen LogP contribution in [0.15, 0.2) is 47.0 Å². The number of rotatable bonds is 8. The van der Waals surface area contributed by atoms with Crippen LogP contribution in [0.1, 0.15) is 41.6 Å². The number of halogens is 2. The number of carbonyl (C=O) groups is 1. The monoisotopic (exact) mass is 485 g/mol. The summed E-state index contributed by atoms with van der Waals surface area (Å²) in [5, 5.41) is 31.9. The third kappa shape index (κ3) is 5.12. The zero-order valence-corrected chi connectivity index (χ0v) is 19.5. The molecule has 186 valence electrons. The van der Waals surface area contributed by atoms with E-state index in [1.807, 2.05) is 24.3 Å². The smallest absolute Gasteiger partial charge is 0.216 e. The van der Waals surface area contributed by atoms with Gasteiger partial charge in [0.2, 0.25) is 5.91 Å². The van der Waals surface area contributed by atoms with Gasteiger partial charge < -0.3 is 25.4 Å². The molecule has 0 spiro atoms. The van der Waals surface area contributed by atoms with Crippen molar-refractivity contribution in [3.63, 3.8) is 0 Å². The number of aliphatic hydroxyl groups is 2. The molecular formula is C26H29F2N3O4. The van der Waals surface area contributed by atoms with Crippen molar-refractivity contribution in [3.05, 3.63) is 76.5 Å². The minimum absolute atomic E-state index is 0.119. The molecular weight excluding hydrogens is 456 g/mol. The number of aromatic nitrogens is 1. The molecule has 35 heavy (non-hydrogen) atoms. The molecule has 0 saturated carbocycles. The van der Waals surface area contributed by atoms with E-state index in [1.54, 1.807) is 0 Å². The van der Waals surface area contributed by atoms with Crippen LogP contribution in [-0.2, 0) is 23.2 Å². The number of nitrogens with one attached hydrogen (secondary N) is 2. The van der Waals surface area contributed by atoms with Gasteiger partial charge >= 0.3 is 0 Å². The van der Waals surface area contributed by atoms with Gasteiger partial charge in [-0.25, -0.2) is 8.78 Å². The summed E-state index contributed by atoms with van der Waals surface area (Å²) in [6, 6.07) is 11.0. The molecule has 3 aromatic rings. The van der Waals surface area contributed by atoms with Crippen LogP contribution < -0.4 is 10.6 Å². The molecule has 9 heteroatoms. The first-order chi connectivity index (χ1) is 16.8. The lowest BCUT2D eigenvalue weighted by atomic mass is 9.73. The summed E-state index contributed by atoms with van der Waals surface area (Å²) in [5.41, 5.74) is 1.57. The summed E-state index contributed by atoms with van der Waals surface area (Å²) in [7, 11) is 0. The lowest BCUT2D eigenvalue weighted by Crippen LogP contribution is -2.47. The summed E-state index contributed by atoms with van der Waals surface area (Å²) in [6.07, 6.45) is 1.06. The molecule has 2 heterocycles. The molecule has 4 rings (SSSR count). The normalized spacial score (nSPS) is 20.1. The molecule has 0 aliphatic carbocycles. The Kier molecular flexibility index (Phi) is 7.59. The lowest BCUT2D eigenvalue weighted by molar-refractivity contribution is -0.118. The van der Waals surface area contributed by atoms with Crippen LogP contribution in [0.2, 0.25) is 0 Å². The summed E-state index contributed by atoms with van der Waals surface area (Å²) in [5.74, 6) is -2.27. The zero-order chi connectivity index (χ0) is 25.0. The van der Waals surface area contributed by atoms with Gasteiger partial charge in [0.1, 0.15) is 5.60 Å². The highest BCUT2D eigenvalue weighted by Gasteiger charge is 2.45. The molecule has 1 aliphatic heterocycles. The van der Waals surface area contributed by atoms with Crippen molar-refractivity contribution >= 4 is 5.91 Å². The van der Waals surface area contributed by atoms with Crippen LogP contribution in [0.25, 0.3) is 11.3 Å². The zero-order valence-electron chi connectivity index (χ0n) is 19.5. The van der Waals surface area contributed by atoms with Crippen LogP contribution >= 0.6 is 0 Å². The Morgan fingerprint density at radius 3 is 2.77 bits per heavy atom. The standard InChI is InChI=1S/C26H29F2N3O4/c1-16(33)30-11-8-17-4-2-3-5-19(17)25-20(9-13-32)24(31-35-25)21-15-29-12-10-26(21,34)18-6-7-22(27)23(28)14-18/h2-7,14,21,29,32,34H,8-13,15H2,1H3,(H,30,33). The Bertz CT molecular complexity index is 1200. The minimum atomic E-state index is -1.51. The molecule has 4 N–H and O–H groups in total. The third-order valence-corrected chi connectivity index (χ3v) is 6.57. The summed E-state index contributed by atoms with van der Waals surface area (Å²) < 4.78 is 33.5. The molecule has 1 fully saturated rings. The molecule has 0 radical (unpaired) electrons. The number of piperidine rings is 1. The van der Waals surface area contributed by atoms with Crippen molar-refractivity contribution in [2.75, 3.05) is 26.2 Å². The fourth-order valence-electron chi connectivity index (χ4n) is 4.80. The molecule has 0 bridgehead atoms. The molecule has 7 nitrogen and oxygen atoms in total. The first-order valence-electron chi connectivity index (χ1n) is 11.7. The number of amides is 1. The predicted octanol–water partition coefficient (Wildman–Crippen LogP) is 2.80. The molecule has 1 amide bonds. The van der Waals surface area contributed by atoms with Crippen molar-refractivity contribution in [2.24, 2.45) is 0 Å². The SMILES string of the molecule is CC(=O)NCCc1ccccc1-c1onc(C2CNCCC2(O)c2ccc(F)c(F)c2)c1CCO. The maximum atomic E-state index is 14.1. The topological polar surface area (TPSA) is 108 Å². The van der Waals surface area contributed by atoms with Crippen molar-refractivity contribution in [2.45, 2.75) is 37.7 Å². The van der Waals surface area contributed by atoms with E-state index < -0.39 is 23.2 Å². The Balaban J connectivity index is 1.76. The molecule has 1 aromatic heterocycles. The van der Waals surface area contributed by atoms with E-state index >= 15 is 0 Å². The number of carbonyl (C=O) groups excluding carboxylic acids is 1. The van der Waals surface area contributed by atoms with Crippen LogP contribution in [0.3, 0.4) is 0 Å². The van der Waals surface area contributed by atoms with Gasteiger partial charge in [0.15, 0.2) is 17.4 Å². The second-order valence-electron chi connectivity index (χ2n) is 8.80. The highest BCUT2D eigenvalue weighted by molar-refractivity contribution is 5.73. The van der Waals surface area contributed by atoms with Gasteiger partial charge in [-0.3, -0.25) is 4.79 Å². The van der Waals surface area contributed by atoms with Crippen molar-refractivity contribution in [3.8, 4) is 11.3 Å². The summed E-state index contributed by atoms with van der Waals surface area (Å²) in [4.78, 5) is 11.3. The Morgan fingerprint density at radius 1 is 1.23 bits per heavy atom. The molecule has 1 aliphatic rings. The predicted molar refractivity (Wildman–Crippen MR) is 126 cm³/mol. The van der Waals surface area contributed by atoms with E-state index in [0.29, 0.717) is 43.1 Å². The molecule has 2 unspecified atom stereocenters. The number of nitrogens with zero attached hydrogens (tertiary/aromatic N) is 1. The van der Waals surface area contributed by atoms with Crippen LogP contribution in [-0.4, -0.2) is 47.5 Å². The summed E-state index contributed by atoms with van der Waals surface area (Å²) >= 11 is 0. The van der Waals surface area contributed by atoms with E-state index in [-0.39, 0.29) is 30.9 Å². The molecule has 2 atom stereocenters. The Hall–Kier alpha value is -3.14. The Morgan fingerprint density at radius 2 is 2.03 bits per heavy atom. The van der Waals surface area contributed by atoms with E-state index in [0.717, 1.165) is 23.3 Å². The lowest BCUT2D eigenvalue weighted by Gasteiger charge is -2.40. The van der Waals surface area contributed by atoms with Gasteiger partial charge in [0.05, 0.1) is 11.6 Å². The van der Waals surface area contributed by atoms with Gasteiger partial charge in [-0.1, -0.05) is 35.5 Å². The van der Waals surface area contributed by atoms with Crippen LogP contribution in [0, 0.1) is 11.6 Å². The van der Waals surface area contributed by atoms with Crippen LogP contribution in [0.5, 0.6) is 0 Å². The van der Waals surface area contributed by atoms with E-state index in [1.165, 1.54) is 13.0 Å². The largest absolute Gasteiger partial charge is 0.396 e. The number of benzene rings is 2. The number of aliphatic hydroxyl groups excluding tert-OH is 1. The third-order valence-electron chi connectivity index (χ3n) is 6.57. The van der Waals surface area contributed by atoms with Gasteiger partial charge in [0, 0.05) is 44.2 Å². The number of hydrogen-bond donors (Lipinski definition) is 4. The fraction of sp³-hybridized carbons (Fsp3) is 0.385. The highest BCUT2D eigenvalue weighted by atomic mass is 19.2. The van der Waals surface area contributed by atoms with Gasteiger partial charge in [0.25, 0.3) is 0 Å². The summed E-state index contributed by atoms with van der Waals surface area (Å²) in [6.45, 7) is 2.56. The average molecular weight is 486 g/mol. The van der Waals surface area contributed by atoms with E-state index in [2.05, 4.69) is 15.8 Å². The Labute approximate surface area is 202 Å². The average Bonchev–Trinajstić information content (AvgIpc) is 3.24. The fourth-order valence-corrected chi connectivity index (χ4v) is 4.80. The quantitative estimate of drug-likeness (QED) is 0.391. The first kappa shape index (κ1) is 25.0. The maximum Gasteiger partial charge on any atom is 0.216 e. The van der Waals surface area contributed by atoms with Crippen molar-refractivity contribution in [1.82, 2.24) is 15.8 Å². The highest BCUT2D eigenvalue weighted by Crippen LogP contribution is 2.44. The minimum Gasteiger partial charge on any atom is -0.396 e. The van der Waals surface area contributed by atoms with Crippen molar-refractivity contribution < 1.29 is 28.3 Å². The first-order valence-corrected chi connectivity index (χ1v) is 11.7.